The Bertz CT molecular complexity index is 718. The van der Waals surface area contributed by atoms with Crippen LogP contribution in [0.25, 0.3) is 5.70 Å². The van der Waals surface area contributed by atoms with Crippen LogP contribution in [0.2, 0.25) is 0 Å². The molecule has 0 bridgehead atoms. The number of fused-ring (bicyclic) bond motifs is 1. The smallest absolute Gasteiger partial charge is 0.258 e. The molecular weight excluding hydrogens is 294 g/mol. The molecule has 2 nitrogen and oxygen atoms in total. The van der Waals surface area contributed by atoms with Crippen molar-refractivity contribution in [2.24, 2.45) is 0 Å². The van der Waals surface area contributed by atoms with Crippen molar-refractivity contribution >= 4 is 11.6 Å². The number of benzene rings is 2. The van der Waals surface area contributed by atoms with Crippen LogP contribution in [0, 0.1) is 0 Å². The highest BCUT2D eigenvalue weighted by molar-refractivity contribution is 6.09. The van der Waals surface area contributed by atoms with Gasteiger partial charge in [0.15, 0.2) is 0 Å². The van der Waals surface area contributed by atoms with E-state index in [-0.39, 0.29) is 5.91 Å². The van der Waals surface area contributed by atoms with E-state index in [4.69, 9.17) is 0 Å². The number of unbranched alkanes of at least 4 members (excludes halogenated alkanes) is 3. The topological polar surface area (TPSA) is 20.3 Å². The van der Waals surface area contributed by atoms with Gasteiger partial charge in [0.25, 0.3) is 5.91 Å². The Balaban J connectivity index is 1.82. The molecule has 0 fully saturated rings. The summed E-state index contributed by atoms with van der Waals surface area (Å²) in [5.74, 6) is 0.154. The van der Waals surface area contributed by atoms with Gasteiger partial charge in [0.2, 0.25) is 0 Å². The normalized spacial score (nSPS) is 15.1. The number of nitrogens with zero attached hydrogens (tertiary/aromatic N) is 1. The third kappa shape index (κ3) is 3.59. The van der Waals surface area contributed by atoms with Crippen LogP contribution in [0.4, 0.5) is 0 Å². The number of hydrogen-bond acceptors (Lipinski definition) is 1. The molecule has 0 atom stereocenters. The summed E-state index contributed by atoms with van der Waals surface area (Å²) in [5, 5.41) is 0. The molecule has 0 aliphatic carbocycles. The van der Waals surface area contributed by atoms with E-state index < -0.39 is 0 Å². The van der Waals surface area contributed by atoms with Crippen molar-refractivity contribution in [2.75, 3.05) is 6.54 Å². The number of allylic oxidation sites excluding steroid dienone is 1. The summed E-state index contributed by atoms with van der Waals surface area (Å²) in [6.07, 6.45) is 7.75. The third-order valence-corrected chi connectivity index (χ3v) is 4.58. The molecular formula is C22H25NO. The Morgan fingerprint density at radius 3 is 2.33 bits per heavy atom. The molecule has 2 aromatic rings. The quantitative estimate of drug-likeness (QED) is 0.634. The Morgan fingerprint density at radius 1 is 0.875 bits per heavy atom. The molecule has 1 amide bonds. The van der Waals surface area contributed by atoms with Crippen LogP contribution in [0.5, 0.6) is 0 Å². The zero-order valence-corrected chi connectivity index (χ0v) is 14.4. The van der Waals surface area contributed by atoms with Crippen LogP contribution < -0.4 is 0 Å². The van der Waals surface area contributed by atoms with E-state index >= 15 is 0 Å². The van der Waals surface area contributed by atoms with Gasteiger partial charge in [-0.3, -0.25) is 4.79 Å². The predicted octanol–water partition coefficient (Wildman–Crippen LogP) is 5.31. The second-order valence-corrected chi connectivity index (χ2v) is 6.34. The second kappa shape index (κ2) is 7.96. The van der Waals surface area contributed by atoms with Crippen molar-refractivity contribution in [3.05, 3.63) is 77.4 Å². The van der Waals surface area contributed by atoms with Gasteiger partial charge in [0, 0.05) is 23.4 Å². The molecule has 124 valence electrons. The summed E-state index contributed by atoms with van der Waals surface area (Å²) in [7, 11) is 0. The minimum atomic E-state index is 0.154. The molecule has 0 aromatic heterocycles. The summed E-state index contributed by atoms with van der Waals surface area (Å²) in [6.45, 7) is 3.02. The van der Waals surface area contributed by atoms with Gasteiger partial charge in [0.05, 0.1) is 0 Å². The maximum Gasteiger partial charge on any atom is 0.258 e. The monoisotopic (exact) mass is 319 g/mol. The van der Waals surface area contributed by atoms with Gasteiger partial charge in [-0.1, -0.05) is 80.8 Å². The van der Waals surface area contributed by atoms with Crippen LogP contribution >= 0.6 is 0 Å². The lowest BCUT2D eigenvalue weighted by atomic mass is 10.1. The highest BCUT2D eigenvalue weighted by Crippen LogP contribution is 2.33. The van der Waals surface area contributed by atoms with Gasteiger partial charge in [0.1, 0.15) is 0 Å². The standard InChI is InChI=1S/C22H25NO/c1-2-3-4-10-17-23-21(16-15-18-11-6-5-7-12-18)19-13-8-9-14-20(19)22(23)24/h5-9,11-14,16H,2-4,10,15,17H2,1H3/b21-16+. The number of rotatable bonds is 7. The minimum Gasteiger partial charge on any atom is -0.308 e. The summed E-state index contributed by atoms with van der Waals surface area (Å²) < 4.78 is 0. The zero-order valence-electron chi connectivity index (χ0n) is 14.4. The zero-order chi connectivity index (χ0) is 16.8. The van der Waals surface area contributed by atoms with E-state index in [1.807, 2.05) is 29.2 Å². The van der Waals surface area contributed by atoms with Crippen molar-refractivity contribution in [1.82, 2.24) is 4.90 Å². The van der Waals surface area contributed by atoms with Gasteiger partial charge in [-0.25, -0.2) is 0 Å². The number of carbonyl (C=O) groups is 1. The Hall–Kier alpha value is -2.35. The van der Waals surface area contributed by atoms with Crippen LogP contribution in [0.1, 0.15) is 54.1 Å². The third-order valence-electron chi connectivity index (χ3n) is 4.58. The summed E-state index contributed by atoms with van der Waals surface area (Å²) >= 11 is 0. The van der Waals surface area contributed by atoms with Crippen molar-refractivity contribution in [2.45, 2.75) is 39.0 Å². The number of hydrogen-bond donors (Lipinski definition) is 0. The molecule has 0 unspecified atom stereocenters. The highest BCUT2D eigenvalue weighted by Gasteiger charge is 2.30. The van der Waals surface area contributed by atoms with Gasteiger partial charge >= 0.3 is 0 Å². The molecule has 24 heavy (non-hydrogen) atoms. The lowest BCUT2D eigenvalue weighted by Gasteiger charge is -2.18. The van der Waals surface area contributed by atoms with E-state index in [0.29, 0.717) is 0 Å². The molecule has 1 aliphatic heterocycles. The van der Waals surface area contributed by atoms with Gasteiger partial charge in [-0.2, -0.15) is 0 Å². The Labute approximate surface area is 144 Å². The lowest BCUT2D eigenvalue weighted by Crippen LogP contribution is -2.24. The van der Waals surface area contributed by atoms with Crippen LogP contribution in [0.15, 0.2) is 60.7 Å². The molecule has 2 aromatic carbocycles. The largest absolute Gasteiger partial charge is 0.308 e. The summed E-state index contributed by atoms with van der Waals surface area (Å²) in [5.41, 5.74) is 4.27. The average Bonchev–Trinajstić information content (AvgIpc) is 2.90. The minimum absolute atomic E-state index is 0.154. The highest BCUT2D eigenvalue weighted by atomic mass is 16.2. The van der Waals surface area contributed by atoms with Crippen molar-refractivity contribution in [3.63, 3.8) is 0 Å². The van der Waals surface area contributed by atoms with Crippen LogP contribution in [-0.2, 0) is 6.42 Å². The lowest BCUT2D eigenvalue weighted by molar-refractivity contribution is 0.0848. The first kappa shape index (κ1) is 16.5. The fourth-order valence-corrected chi connectivity index (χ4v) is 3.26. The maximum atomic E-state index is 12.8. The maximum absolute atomic E-state index is 12.8. The molecule has 2 heteroatoms. The first-order valence-corrected chi connectivity index (χ1v) is 8.96. The molecule has 3 rings (SSSR count). The van der Waals surface area contributed by atoms with Crippen LogP contribution in [-0.4, -0.2) is 17.4 Å². The molecule has 1 heterocycles. The molecule has 1 aliphatic rings. The fraction of sp³-hybridized carbons (Fsp3) is 0.318. The first-order valence-electron chi connectivity index (χ1n) is 8.96. The van der Waals surface area contributed by atoms with E-state index in [2.05, 4.69) is 43.3 Å². The summed E-state index contributed by atoms with van der Waals surface area (Å²) in [4.78, 5) is 14.7. The second-order valence-electron chi connectivity index (χ2n) is 6.34. The van der Waals surface area contributed by atoms with Gasteiger partial charge in [-0.05, 0) is 24.5 Å². The van der Waals surface area contributed by atoms with E-state index in [1.54, 1.807) is 0 Å². The van der Waals surface area contributed by atoms with Crippen molar-refractivity contribution < 1.29 is 4.79 Å². The average molecular weight is 319 g/mol. The predicted molar refractivity (Wildman–Crippen MR) is 99.7 cm³/mol. The number of amides is 1. The summed E-state index contributed by atoms with van der Waals surface area (Å²) in [6, 6.07) is 18.4. The van der Waals surface area contributed by atoms with Crippen molar-refractivity contribution in [1.29, 1.82) is 0 Å². The first-order chi connectivity index (χ1) is 11.8. The Kier molecular flexibility index (Phi) is 5.47. The molecule has 0 saturated carbocycles. The van der Waals surface area contributed by atoms with Crippen molar-refractivity contribution in [3.8, 4) is 0 Å². The van der Waals surface area contributed by atoms with E-state index in [9.17, 15) is 4.79 Å². The fourth-order valence-electron chi connectivity index (χ4n) is 3.26. The molecule has 0 N–H and O–H groups in total. The van der Waals surface area contributed by atoms with E-state index in [0.717, 1.165) is 36.2 Å². The Morgan fingerprint density at radius 2 is 1.58 bits per heavy atom. The molecule has 0 spiro atoms. The van der Waals surface area contributed by atoms with Gasteiger partial charge in [-0.15, -0.1) is 0 Å². The van der Waals surface area contributed by atoms with Crippen LogP contribution in [0.3, 0.4) is 0 Å². The van der Waals surface area contributed by atoms with Gasteiger partial charge < -0.3 is 4.90 Å². The molecule has 0 radical (unpaired) electrons. The number of carbonyl (C=O) groups excluding carboxylic acids is 1. The SMILES string of the molecule is CCCCCCN1C(=O)c2ccccc2/C1=C\Cc1ccccc1. The molecule has 0 saturated heterocycles. The van der Waals surface area contributed by atoms with E-state index in [1.165, 1.54) is 24.8 Å².